The maximum absolute atomic E-state index is 5.18. The van der Waals surface area contributed by atoms with Gasteiger partial charge in [0.05, 0.1) is 11.4 Å². The zero-order chi connectivity index (χ0) is 23.9. The number of hydrogen-bond acceptors (Lipinski definition) is 3. The lowest BCUT2D eigenvalue weighted by atomic mass is 10.00. The second-order valence-corrected chi connectivity index (χ2v) is 10.9. The summed E-state index contributed by atoms with van der Waals surface area (Å²) in [6.45, 7) is 0. The van der Waals surface area contributed by atoms with E-state index in [1.165, 1.54) is 41.7 Å². The number of hydrogen-bond donors (Lipinski definition) is 0. The summed E-state index contributed by atoms with van der Waals surface area (Å²) in [5.41, 5.74) is 5.45. The predicted molar refractivity (Wildman–Crippen MR) is 157 cm³/mol. The first-order chi connectivity index (χ1) is 17.8. The van der Waals surface area contributed by atoms with Crippen molar-refractivity contribution in [3.05, 3.63) is 127 Å². The zero-order valence-corrected chi connectivity index (χ0v) is 21.0. The highest BCUT2D eigenvalue weighted by atomic mass is 32.1. The molecular formula is C33H21NS2. The minimum atomic E-state index is 0.993. The Hall–Kier alpha value is -4.05. The highest BCUT2D eigenvalue weighted by Crippen LogP contribution is 2.39. The second kappa shape index (κ2) is 8.87. The van der Waals surface area contributed by atoms with Gasteiger partial charge in [0.1, 0.15) is 0 Å². The fraction of sp³-hybridized carbons (Fsp3) is 0. The molecule has 3 heteroatoms. The summed E-state index contributed by atoms with van der Waals surface area (Å²) < 4.78 is 0. The Kier molecular flexibility index (Phi) is 5.24. The summed E-state index contributed by atoms with van der Waals surface area (Å²) in [4.78, 5) is 9.04. The number of pyridine rings is 1. The van der Waals surface area contributed by atoms with Gasteiger partial charge in [0.15, 0.2) is 0 Å². The second-order valence-electron chi connectivity index (χ2n) is 8.89. The standard InChI is InChI=1S/C33H21NS2/c1-3-8-24-18-26(13-11-22(24)6-1)29-20-28(31-15-16-33(36-31)32-10-5-17-35-32)21-30(34-29)27-14-12-23-7-2-4-9-25(23)19-27/h1-21H. The molecule has 0 spiro atoms. The minimum absolute atomic E-state index is 0.993. The molecule has 0 fully saturated rings. The van der Waals surface area contributed by atoms with Crippen LogP contribution in [0.3, 0.4) is 0 Å². The average Bonchev–Trinajstić information content (AvgIpc) is 3.65. The lowest BCUT2D eigenvalue weighted by Gasteiger charge is -2.11. The van der Waals surface area contributed by atoms with E-state index in [0.717, 1.165) is 22.5 Å². The Balaban J connectivity index is 1.41. The van der Waals surface area contributed by atoms with E-state index >= 15 is 0 Å². The fourth-order valence-corrected chi connectivity index (χ4v) is 6.54. The van der Waals surface area contributed by atoms with Crippen LogP contribution in [0.1, 0.15) is 0 Å². The van der Waals surface area contributed by atoms with Gasteiger partial charge in [-0.2, -0.15) is 0 Å². The first-order valence-corrected chi connectivity index (χ1v) is 13.6. The van der Waals surface area contributed by atoms with Crippen molar-refractivity contribution in [3.8, 4) is 42.7 Å². The van der Waals surface area contributed by atoms with Crippen LogP contribution in [-0.2, 0) is 0 Å². The van der Waals surface area contributed by atoms with E-state index in [1.807, 2.05) is 11.3 Å². The molecule has 0 atom stereocenters. The summed E-state index contributed by atoms with van der Waals surface area (Å²) in [5, 5.41) is 7.07. The molecule has 7 aromatic rings. The van der Waals surface area contributed by atoms with Gasteiger partial charge in [0, 0.05) is 25.8 Å². The molecule has 3 aromatic heterocycles. The summed E-state index contributed by atoms with van der Waals surface area (Å²) in [5.74, 6) is 0. The van der Waals surface area contributed by atoms with Gasteiger partial charge >= 0.3 is 0 Å². The van der Waals surface area contributed by atoms with Crippen molar-refractivity contribution in [1.82, 2.24) is 4.98 Å². The Morgan fingerprint density at radius 1 is 0.417 bits per heavy atom. The summed E-state index contributed by atoms with van der Waals surface area (Å²) in [7, 11) is 0. The average molecular weight is 496 g/mol. The van der Waals surface area contributed by atoms with Crippen molar-refractivity contribution >= 4 is 44.2 Å². The van der Waals surface area contributed by atoms with Crippen molar-refractivity contribution in [1.29, 1.82) is 0 Å². The first kappa shape index (κ1) is 21.3. The molecule has 0 bridgehead atoms. The Labute approximate surface area is 218 Å². The number of nitrogens with zero attached hydrogens (tertiary/aromatic N) is 1. The number of rotatable bonds is 4. The molecule has 0 N–H and O–H groups in total. The molecule has 3 heterocycles. The fourth-order valence-electron chi connectivity index (χ4n) is 4.71. The quantitative estimate of drug-likeness (QED) is 0.237. The molecule has 0 saturated carbocycles. The molecule has 7 rings (SSSR count). The van der Waals surface area contributed by atoms with Gasteiger partial charge in [-0.15, -0.1) is 22.7 Å². The molecule has 0 aliphatic heterocycles. The number of fused-ring (bicyclic) bond motifs is 2. The van der Waals surface area contributed by atoms with E-state index in [0.29, 0.717) is 0 Å². The molecule has 0 aliphatic carbocycles. The highest BCUT2D eigenvalue weighted by molar-refractivity contribution is 7.23. The third kappa shape index (κ3) is 3.93. The van der Waals surface area contributed by atoms with Crippen LogP contribution >= 0.6 is 22.7 Å². The third-order valence-electron chi connectivity index (χ3n) is 6.57. The lowest BCUT2D eigenvalue weighted by Crippen LogP contribution is -1.91. The van der Waals surface area contributed by atoms with E-state index in [-0.39, 0.29) is 0 Å². The first-order valence-electron chi connectivity index (χ1n) is 11.9. The van der Waals surface area contributed by atoms with Crippen LogP contribution in [0.4, 0.5) is 0 Å². The zero-order valence-electron chi connectivity index (χ0n) is 19.4. The smallest absolute Gasteiger partial charge is 0.0716 e. The van der Waals surface area contributed by atoms with Crippen molar-refractivity contribution in [2.45, 2.75) is 0 Å². The van der Waals surface area contributed by atoms with Crippen molar-refractivity contribution in [2.75, 3.05) is 0 Å². The molecule has 0 unspecified atom stereocenters. The predicted octanol–water partition coefficient (Wildman–Crippen LogP) is 10.2. The number of thiophene rings is 2. The van der Waals surface area contributed by atoms with Crippen molar-refractivity contribution < 1.29 is 0 Å². The van der Waals surface area contributed by atoms with Crippen LogP contribution in [0.2, 0.25) is 0 Å². The molecule has 0 radical (unpaired) electrons. The van der Waals surface area contributed by atoms with Crippen LogP contribution in [0.5, 0.6) is 0 Å². The highest BCUT2D eigenvalue weighted by Gasteiger charge is 2.12. The molecule has 0 amide bonds. The Morgan fingerprint density at radius 2 is 1.00 bits per heavy atom. The largest absolute Gasteiger partial charge is 0.248 e. The van der Waals surface area contributed by atoms with Gasteiger partial charge in [0.2, 0.25) is 0 Å². The van der Waals surface area contributed by atoms with E-state index in [4.69, 9.17) is 4.98 Å². The minimum Gasteiger partial charge on any atom is -0.248 e. The van der Waals surface area contributed by atoms with Gasteiger partial charge in [0.25, 0.3) is 0 Å². The van der Waals surface area contributed by atoms with E-state index < -0.39 is 0 Å². The Morgan fingerprint density at radius 3 is 1.58 bits per heavy atom. The van der Waals surface area contributed by atoms with E-state index in [9.17, 15) is 0 Å². The monoisotopic (exact) mass is 495 g/mol. The number of benzene rings is 4. The van der Waals surface area contributed by atoms with Crippen LogP contribution in [-0.4, -0.2) is 4.98 Å². The molecule has 0 saturated heterocycles. The van der Waals surface area contributed by atoms with Crippen molar-refractivity contribution in [2.24, 2.45) is 0 Å². The van der Waals surface area contributed by atoms with Gasteiger partial charge < -0.3 is 0 Å². The van der Waals surface area contributed by atoms with Gasteiger partial charge in [-0.05, 0) is 75.0 Å². The maximum Gasteiger partial charge on any atom is 0.0716 e. The summed E-state index contributed by atoms with van der Waals surface area (Å²) in [6.07, 6.45) is 0. The maximum atomic E-state index is 5.18. The lowest BCUT2D eigenvalue weighted by molar-refractivity contribution is 1.33. The van der Waals surface area contributed by atoms with E-state index in [1.54, 1.807) is 11.3 Å². The van der Waals surface area contributed by atoms with Crippen LogP contribution < -0.4 is 0 Å². The third-order valence-corrected chi connectivity index (χ3v) is 8.77. The van der Waals surface area contributed by atoms with Crippen LogP contribution in [0.15, 0.2) is 127 Å². The topological polar surface area (TPSA) is 12.9 Å². The molecule has 170 valence electrons. The SMILES string of the molecule is c1csc(-c2ccc(-c3cc(-c4ccc5ccccc5c4)nc(-c4ccc5ccccc5c4)c3)s2)c1. The molecular weight excluding hydrogens is 475 g/mol. The van der Waals surface area contributed by atoms with E-state index in [2.05, 4.69) is 127 Å². The molecule has 36 heavy (non-hydrogen) atoms. The molecule has 4 aromatic carbocycles. The van der Waals surface area contributed by atoms with Gasteiger partial charge in [-0.25, -0.2) is 4.98 Å². The normalized spacial score (nSPS) is 11.3. The number of aromatic nitrogens is 1. The van der Waals surface area contributed by atoms with Crippen LogP contribution in [0.25, 0.3) is 64.3 Å². The Bertz CT molecular complexity index is 1750. The summed E-state index contributed by atoms with van der Waals surface area (Å²) in [6, 6.07) is 43.5. The summed E-state index contributed by atoms with van der Waals surface area (Å²) >= 11 is 3.62. The van der Waals surface area contributed by atoms with Gasteiger partial charge in [-0.1, -0.05) is 78.9 Å². The molecule has 0 aliphatic rings. The molecule has 1 nitrogen and oxygen atoms in total. The van der Waals surface area contributed by atoms with Crippen molar-refractivity contribution in [3.63, 3.8) is 0 Å². The van der Waals surface area contributed by atoms with Gasteiger partial charge in [-0.3, -0.25) is 0 Å². The van der Waals surface area contributed by atoms with Crippen LogP contribution in [0, 0.1) is 0 Å².